The lowest BCUT2D eigenvalue weighted by Crippen LogP contribution is -2.81. The van der Waals surface area contributed by atoms with E-state index in [1.54, 1.807) is 7.11 Å². The van der Waals surface area contributed by atoms with Gasteiger partial charge in [-0.05, 0) is 74.8 Å². The van der Waals surface area contributed by atoms with Crippen molar-refractivity contribution in [2.24, 2.45) is 17.3 Å². The molecule has 6 heterocycles. The fourth-order valence-electron chi connectivity index (χ4n) is 13.4. The van der Waals surface area contributed by atoms with Gasteiger partial charge < -0.3 is 38.8 Å². The maximum atomic E-state index is 15.4. The minimum absolute atomic E-state index is 0.155. The number of H-pyrrole nitrogens is 1. The number of benzene rings is 2. The van der Waals surface area contributed by atoms with E-state index in [-0.39, 0.29) is 31.3 Å². The van der Waals surface area contributed by atoms with Crippen LogP contribution in [0.5, 0.6) is 5.75 Å². The number of aliphatic hydroxyl groups is 1. The van der Waals surface area contributed by atoms with E-state index in [1.165, 1.54) is 21.1 Å². The quantitative estimate of drug-likeness (QED) is 0.187. The van der Waals surface area contributed by atoms with Gasteiger partial charge >= 0.3 is 17.9 Å². The second-order valence-electron chi connectivity index (χ2n) is 18.3. The van der Waals surface area contributed by atoms with Crippen LogP contribution >= 0.6 is 0 Å². The molecule has 10 atom stereocenters. The Kier molecular flexibility index (Phi) is 9.53. The van der Waals surface area contributed by atoms with E-state index in [0.717, 1.165) is 29.0 Å². The van der Waals surface area contributed by atoms with Crippen LogP contribution in [0.3, 0.4) is 0 Å². The van der Waals surface area contributed by atoms with Gasteiger partial charge in [-0.2, -0.15) is 0 Å². The number of piperidine rings is 1. The highest BCUT2D eigenvalue weighted by Crippen LogP contribution is 2.68. The summed E-state index contributed by atoms with van der Waals surface area (Å²) >= 11 is 0. The van der Waals surface area contributed by atoms with Crippen LogP contribution in [0.2, 0.25) is 0 Å². The number of rotatable bonds is 7. The largest absolute Gasteiger partial charge is 0.496 e. The SMILES string of the molecule is CCC12C=CCN3CCC4(c5cc(C6(C(=O)OC)CC7CC(C(C)(F)F)CN(CCc8c6[nH]c6ccccc86)C7)c(OC)cc5N(C)C4C(O)(C(=O)OC)C1OC(C)=O)C32. The number of nitrogens with one attached hydrogen (secondary N) is 1. The van der Waals surface area contributed by atoms with Crippen molar-refractivity contribution in [3.05, 3.63) is 70.9 Å². The number of fused-ring (bicyclic) bond motifs is 6. The maximum absolute atomic E-state index is 15.4. The predicted octanol–water partition coefficient (Wildman–Crippen LogP) is 5.12. The number of aromatic amines is 1. The molecule has 2 saturated heterocycles. The normalized spacial score (nSPS) is 35.6. The van der Waals surface area contributed by atoms with Gasteiger partial charge in [-0.1, -0.05) is 37.3 Å². The molecule has 2 N–H and O–H groups in total. The molecule has 3 aromatic rings. The average molecular weight is 831 g/mol. The summed E-state index contributed by atoms with van der Waals surface area (Å²) in [5.74, 6) is -5.90. The zero-order chi connectivity index (χ0) is 42.7. The highest BCUT2D eigenvalue weighted by Gasteiger charge is 2.80. The number of esters is 3. The van der Waals surface area contributed by atoms with E-state index in [1.807, 2.05) is 67.4 Å². The maximum Gasteiger partial charge on any atom is 0.344 e. The minimum Gasteiger partial charge on any atom is -0.496 e. The Morgan fingerprint density at radius 2 is 1.77 bits per heavy atom. The van der Waals surface area contributed by atoms with Crippen LogP contribution in [0.15, 0.2) is 48.6 Å². The summed E-state index contributed by atoms with van der Waals surface area (Å²) in [5, 5.41) is 14.2. The minimum atomic E-state index is -2.93. The number of para-hydroxylation sites is 1. The number of hydrogen-bond donors (Lipinski definition) is 2. The number of nitrogens with zero attached hydrogens (tertiary/aromatic N) is 3. The molecule has 1 aliphatic carbocycles. The Bertz CT molecular complexity index is 2290. The van der Waals surface area contributed by atoms with Gasteiger partial charge in [0.15, 0.2) is 6.10 Å². The molecule has 322 valence electrons. The molecule has 14 heteroatoms. The number of hydrogen-bond acceptors (Lipinski definition) is 11. The molecule has 3 fully saturated rings. The molecule has 1 spiro atoms. The van der Waals surface area contributed by atoms with E-state index in [0.29, 0.717) is 68.1 Å². The number of likely N-dealkylation sites (N-methyl/N-ethyl adjacent to an activating group) is 1. The first-order chi connectivity index (χ1) is 28.6. The van der Waals surface area contributed by atoms with Crippen LogP contribution in [0.4, 0.5) is 14.5 Å². The number of carbonyl (C=O) groups excluding carboxylic acids is 3. The van der Waals surface area contributed by atoms with Crippen molar-refractivity contribution >= 4 is 34.5 Å². The van der Waals surface area contributed by atoms with E-state index < -0.39 is 63.7 Å². The molecule has 5 aliphatic heterocycles. The molecule has 12 nitrogen and oxygen atoms in total. The monoisotopic (exact) mass is 830 g/mol. The number of anilines is 1. The number of carbonyl (C=O) groups is 3. The summed E-state index contributed by atoms with van der Waals surface area (Å²) in [5.41, 5.74) is -1.52. The molecular formula is C46H56F2N4O8. The van der Waals surface area contributed by atoms with Gasteiger partial charge in [0.25, 0.3) is 0 Å². The highest BCUT2D eigenvalue weighted by atomic mass is 19.3. The summed E-state index contributed by atoms with van der Waals surface area (Å²) < 4.78 is 54.5. The summed E-state index contributed by atoms with van der Waals surface area (Å²) in [6.45, 7) is 6.80. The third-order valence-electron chi connectivity index (χ3n) is 15.6. The second-order valence-corrected chi connectivity index (χ2v) is 18.3. The lowest BCUT2D eigenvalue weighted by atomic mass is 9.47. The molecular weight excluding hydrogens is 775 g/mol. The van der Waals surface area contributed by atoms with Crippen LogP contribution in [-0.4, -0.2) is 129 Å². The predicted molar refractivity (Wildman–Crippen MR) is 219 cm³/mol. The van der Waals surface area contributed by atoms with Crippen molar-refractivity contribution in [3.8, 4) is 5.75 Å². The van der Waals surface area contributed by atoms with Gasteiger partial charge in [-0.15, -0.1) is 0 Å². The van der Waals surface area contributed by atoms with Crippen molar-refractivity contribution in [2.75, 3.05) is 66.0 Å². The van der Waals surface area contributed by atoms with Crippen LogP contribution in [0.25, 0.3) is 10.9 Å². The fraction of sp³-hybridized carbons (Fsp3) is 0.587. The van der Waals surface area contributed by atoms with Gasteiger partial charge in [0, 0.05) is 96.9 Å². The second kappa shape index (κ2) is 14.0. The first-order valence-corrected chi connectivity index (χ1v) is 21.2. The Hall–Kier alpha value is -4.53. The van der Waals surface area contributed by atoms with Gasteiger partial charge in [0.1, 0.15) is 11.2 Å². The van der Waals surface area contributed by atoms with Crippen LogP contribution < -0.4 is 9.64 Å². The van der Waals surface area contributed by atoms with Crippen molar-refractivity contribution in [1.29, 1.82) is 0 Å². The van der Waals surface area contributed by atoms with E-state index in [2.05, 4.69) is 14.8 Å². The summed E-state index contributed by atoms with van der Waals surface area (Å²) in [6, 6.07) is 10.5. The highest BCUT2D eigenvalue weighted by molar-refractivity contribution is 5.95. The van der Waals surface area contributed by atoms with Crippen molar-refractivity contribution in [2.45, 2.75) is 93.4 Å². The Labute approximate surface area is 349 Å². The third-order valence-corrected chi connectivity index (χ3v) is 15.6. The standard InChI is InChI=1S/C46H56F2N4O8/c1-8-43-15-11-17-52-19-16-44(37(43)52)31-21-32(35(57-5)22-34(31)50(4)38(44)46(56,41(55)59-7)39(43)60-26(2)53)45(40(54)58-6)23-27-20-28(42(3,47)48)25-51(24-27)18-14-30-29-12-9-10-13-33(29)49-36(30)45/h9-13,15,21-22,27-28,37-39,49,56H,8,14,16-20,23-25H2,1-7H3. The third kappa shape index (κ3) is 5.31. The van der Waals surface area contributed by atoms with E-state index >= 15 is 13.6 Å². The molecule has 0 amide bonds. The number of methoxy groups -OCH3 is 3. The zero-order valence-corrected chi connectivity index (χ0v) is 35.5. The first kappa shape index (κ1) is 40.9. The average Bonchev–Trinajstić information content (AvgIpc) is 3.89. The smallest absolute Gasteiger partial charge is 0.344 e. The van der Waals surface area contributed by atoms with Gasteiger partial charge in [0.05, 0.1) is 27.4 Å². The van der Waals surface area contributed by atoms with Crippen molar-refractivity contribution in [3.63, 3.8) is 0 Å². The Balaban J connectivity index is 1.36. The Morgan fingerprint density at radius 1 is 1.02 bits per heavy atom. The molecule has 2 bridgehead atoms. The summed E-state index contributed by atoms with van der Waals surface area (Å²) in [7, 11) is 5.96. The van der Waals surface area contributed by atoms with Crippen molar-refractivity contribution < 1.29 is 47.2 Å². The van der Waals surface area contributed by atoms with Crippen LogP contribution in [0.1, 0.15) is 68.8 Å². The Morgan fingerprint density at radius 3 is 2.45 bits per heavy atom. The number of alkyl halides is 2. The fourth-order valence-corrected chi connectivity index (χ4v) is 13.4. The molecule has 2 aromatic carbocycles. The molecule has 1 saturated carbocycles. The lowest BCUT2D eigenvalue weighted by molar-refractivity contribution is -0.228. The molecule has 6 aliphatic rings. The topological polar surface area (TPSA) is 134 Å². The molecule has 9 rings (SSSR count). The van der Waals surface area contributed by atoms with Crippen LogP contribution in [-0.2, 0) is 45.8 Å². The van der Waals surface area contributed by atoms with Gasteiger partial charge in [0.2, 0.25) is 11.5 Å². The van der Waals surface area contributed by atoms with Crippen LogP contribution in [0, 0.1) is 17.3 Å². The van der Waals surface area contributed by atoms with Crippen molar-refractivity contribution in [1.82, 2.24) is 14.8 Å². The number of halogens is 2. The molecule has 60 heavy (non-hydrogen) atoms. The first-order valence-electron chi connectivity index (χ1n) is 21.2. The van der Waals surface area contributed by atoms with Gasteiger partial charge in [-0.25, -0.2) is 13.6 Å². The number of ether oxygens (including phenoxy) is 4. The van der Waals surface area contributed by atoms with E-state index in [9.17, 15) is 14.7 Å². The summed E-state index contributed by atoms with van der Waals surface area (Å²) in [4.78, 5) is 52.7. The van der Waals surface area contributed by atoms with E-state index in [4.69, 9.17) is 18.9 Å². The summed E-state index contributed by atoms with van der Waals surface area (Å²) in [6.07, 6.45) is 4.54. The number of aromatic nitrogens is 1. The molecule has 0 radical (unpaired) electrons. The van der Waals surface area contributed by atoms with Gasteiger partial charge in [-0.3, -0.25) is 14.5 Å². The molecule has 10 unspecified atom stereocenters. The molecule has 1 aromatic heterocycles. The lowest BCUT2D eigenvalue weighted by Gasteiger charge is -2.63. The zero-order valence-electron chi connectivity index (χ0n) is 35.5.